The molecule has 1 amide bonds. The molecule has 0 aromatic heterocycles. The van der Waals surface area contributed by atoms with E-state index in [9.17, 15) is 35.8 Å². The van der Waals surface area contributed by atoms with Gasteiger partial charge in [-0.1, -0.05) is 6.07 Å². The molecule has 0 aliphatic heterocycles. The van der Waals surface area contributed by atoms with Crippen molar-refractivity contribution in [1.29, 1.82) is 0 Å². The number of carbonyl (C=O) groups excluding carboxylic acids is 1. The van der Waals surface area contributed by atoms with Gasteiger partial charge in [-0.25, -0.2) is 8.42 Å². The van der Waals surface area contributed by atoms with Crippen molar-refractivity contribution in [2.45, 2.75) is 16.7 Å². The highest BCUT2D eigenvalue weighted by molar-refractivity contribution is 7.86. The third-order valence-corrected chi connectivity index (χ3v) is 5.88. The van der Waals surface area contributed by atoms with Crippen LogP contribution in [0.1, 0.15) is 6.92 Å². The van der Waals surface area contributed by atoms with Gasteiger partial charge in [-0.2, -0.15) is 8.42 Å². The number of fused-ring (bicyclic) bond motifs is 1. The minimum Gasteiger partial charge on any atom is -0.744 e. The SMILES string of the molecule is CC(=O)Nc1ccc(N=Nc2c(N)ccc3cc(S(=O)(=O)O)cc(O)c23)c(S(=O)(=O)[O-])c1. The van der Waals surface area contributed by atoms with Crippen molar-refractivity contribution in [3.8, 4) is 5.75 Å². The monoisotopic (exact) mass is 479 g/mol. The fourth-order valence-corrected chi connectivity index (χ4v) is 4.03. The van der Waals surface area contributed by atoms with Crippen LogP contribution in [0.25, 0.3) is 10.8 Å². The van der Waals surface area contributed by atoms with Gasteiger partial charge in [0.1, 0.15) is 27.2 Å². The van der Waals surface area contributed by atoms with Crippen LogP contribution < -0.4 is 11.1 Å². The number of azo groups is 1. The smallest absolute Gasteiger partial charge is 0.294 e. The van der Waals surface area contributed by atoms with Gasteiger partial charge in [-0.3, -0.25) is 9.35 Å². The van der Waals surface area contributed by atoms with Crippen molar-refractivity contribution in [2.75, 3.05) is 11.1 Å². The summed E-state index contributed by atoms with van der Waals surface area (Å²) in [7, 11) is -9.62. The number of nitrogen functional groups attached to an aromatic ring is 1. The van der Waals surface area contributed by atoms with Crippen molar-refractivity contribution in [1.82, 2.24) is 0 Å². The lowest BCUT2D eigenvalue weighted by Gasteiger charge is -2.12. The molecule has 3 rings (SSSR count). The number of rotatable bonds is 5. The van der Waals surface area contributed by atoms with E-state index in [1.807, 2.05) is 0 Å². The second kappa shape index (κ2) is 8.16. The van der Waals surface area contributed by atoms with Gasteiger partial charge < -0.3 is 20.7 Å². The first-order valence-corrected chi connectivity index (χ1v) is 11.4. The third kappa shape index (κ3) is 4.83. The number of hydrogen-bond donors (Lipinski definition) is 4. The molecule has 3 aromatic carbocycles. The Kier molecular flexibility index (Phi) is 5.88. The maximum absolute atomic E-state index is 11.7. The number of benzene rings is 3. The Morgan fingerprint density at radius 1 is 1.06 bits per heavy atom. The average Bonchev–Trinajstić information content (AvgIpc) is 2.66. The Bertz CT molecular complexity index is 1500. The number of anilines is 2. The molecule has 14 heteroatoms. The van der Waals surface area contributed by atoms with E-state index in [1.54, 1.807) is 0 Å². The molecule has 12 nitrogen and oxygen atoms in total. The molecule has 32 heavy (non-hydrogen) atoms. The van der Waals surface area contributed by atoms with Crippen LogP contribution in [0.15, 0.2) is 62.5 Å². The molecule has 0 atom stereocenters. The number of nitrogens with zero attached hydrogens (tertiary/aromatic N) is 2. The van der Waals surface area contributed by atoms with Crippen LogP contribution in [0.2, 0.25) is 0 Å². The van der Waals surface area contributed by atoms with Crippen LogP contribution >= 0.6 is 0 Å². The zero-order chi connectivity index (χ0) is 23.8. The highest BCUT2D eigenvalue weighted by Crippen LogP contribution is 2.40. The van der Waals surface area contributed by atoms with Gasteiger partial charge >= 0.3 is 0 Å². The van der Waals surface area contributed by atoms with Crippen molar-refractivity contribution in [3.63, 3.8) is 0 Å². The minimum absolute atomic E-state index is 0.00227. The molecule has 0 radical (unpaired) electrons. The molecule has 0 aliphatic carbocycles. The van der Waals surface area contributed by atoms with E-state index in [0.717, 1.165) is 24.3 Å². The standard InChI is InChI=1S/C18H16N4O8S2/c1-9(23)20-11-3-5-14(16(7-11)32(28,29)30)21-22-18-13(19)4-2-10-6-12(31(25,26)27)8-15(24)17(10)18/h2-8,24H,19H2,1H3,(H,20,23)(H,25,26,27)(H,28,29,30)/p-1. The molecule has 0 saturated carbocycles. The molecular formula is C18H15N4O8S2-. The van der Waals surface area contributed by atoms with Crippen molar-refractivity contribution in [2.24, 2.45) is 10.2 Å². The lowest BCUT2D eigenvalue weighted by atomic mass is 10.1. The van der Waals surface area contributed by atoms with Crippen LogP contribution in [0.3, 0.4) is 0 Å². The summed E-state index contributed by atoms with van der Waals surface area (Å²) in [5, 5.41) is 20.4. The van der Waals surface area contributed by atoms with Crippen LogP contribution in [0.4, 0.5) is 22.7 Å². The first kappa shape index (κ1) is 23.1. The van der Waals surface area contributed by atoms with E-state index in [2.05, 4.69) is 15.5 Å². The first-order chi connectivity index (χ1) is 14.8. The zero-order valence-electron chi connectivity index (χ0n) is 16.2. The van der Waals surface area contributed by atoms with Crippen molar-refractivity contribution in [3.05, 3.63) is 42.5 Å². The molecule has 168 valence electrons. The largest absolute Gasteiger partial charge is 0.744 e. The van der Waals surface area contributed by atoms with Gasteiger partial charge in [0.25, 0.3) is 10.1 Å². The Balaban J connectivity index is 2.19. The van der Waals surface area contributed by atoms with Crippen molar-refractivity contribution >= 4 is 59.7 Å². The molecule has 0 bridgehead atoms. The molecule has 0 aliphatic rings. The van der Waals surface area contributed by atoms with Crippen molar-refractivity contribution < 1.29 is 35.8 Å². The normalized spacial score (nSPS) is 12.3. The van der Waals surface area contributed by atoms with E-state index in [1.165, 1.54) is 25.1 Å². The van der Waals surface area contributed by atoms with Gasteiger partial charge in [-0.15, -0.1) is 10.2 Å². The fourth-order valence-electron chi connectivity index (χ4n) is 2.85. The van der Waals surface area contributed by atoms with Gasteiger partial charge in [0, 0.05) is 18.7 Å². The van der Waals surface area contributed by atoms with E-state index < -0.39 is 41.7 Å². The predicted molar refractivity (Wildman–Crippen MR) is 113 cm³/mol. The van der Waals surface area contributed by atoms with Gasteiger partial charge in [-0.05, 0) is 35.7 Å². The van der Waals surface area contributed by atoms with Gasteiger partial charge in [0.05, 0.1) is 20.9 Å². The minimum atomic E-state index is -5.01. The molecule has 5 N–H and O–H groups in total. The Labute approximate surface area is 181 Å². The van der Waals surface area contributed by atoms with Crippen LogP contribution in [0, 0.1) is 0 Å². The number of amides is 1. The highest BCUT2D eigenvalue weighted by atomic mass is 32.2. The lowest BCUT2D eigenvalue weighted by molar-refractivity contribution is -0.114. The number of carbonyl (C=O) groups is 1. The number of aromatic hydroxyl groups is 1. The summed E-state index contributed by atoms with van der Waals surface area (Å²) in [5.41, 5.74) is 5.43. The fraction of sp³-hybridized carbons (Fsp3) is 0.0556. The summed E-state index contributed by atoms with van der Waals surface area (Å²) in [5.74, 6) is -1.08. The van der Waals surface area contributed by atoms with Crippen LogP contribution in [-0.2, 0) is 25.0 Å². The van der Waals surface area contributed by atoms with E-state index in [4.69, 9.17) is 5.73 Å². The Morgan fingerprint density at radius 3 is 2.34 bits per heavy atom. The maximum Gasteiger partial charge on any atom is 0.294 e. The van der Waals surface area contributed by atoms with Gasteiger partial charge in [0.15, 0.2) is 0 Å². The van der Waals surface area contributed by atoms with Gasteiger partial charge in [0.2, 0.25) is 5.91 Å². The molecule has 3 aromatic rings. The predicted octanol–water partition coefficient (Wildman–Crippen LogP) is 2.65. The van der Waals surface area contributed by atoms with Crippen LogP contribution in [0.5, 0.6) is 5.75 Å². The quantitative estimate of drug-likeness (QED) is 0.240. The van der Waals surface area contributed by atoms with Crippen LogP contribution in [-0.4, -0.2) is 37.0 Å². The first-order valence-electron chi connectivity index (χ1n) is 8.59. The topological polar surface area (TPSA) is 212 Å². The third-order valence-electron chi connectivity index (χ3n) is 4.18. The summed E-state index contributed by atoms with van der Waals surface area (Å²) < 4.78 is 66.9. The Hall–Kier alpha value is -3.59. The molecular weight excluding hydrogens is 464 g/mol. The number of hydrogen-bond acceptors (Lipinski definition) is 10. The second-order valence-corrected chi connectivity index (χ2v) is 9.31. The lowest BCUT2D eigenvalue weighted by Crippen LogP contribution is -2.07. The molecule has 0 heterocycles. The zero-order valence-corrected chi connectivity index (χ0v) is 17.8. The summed E-state index contributed by atoms with van der Waals surface area (Å²) in [6, 6.07) is 7.90. The number of nitrogens with one attached hydrogen (secondary N) is 1. The molecule has 0 saturated heterocycles. The average molecular weight is 479 g/mol. The highest BCUT2D eigenvalue weighted by Gasteiger charge is 2.17. The summed E-state index contributed by atoms with van der Waals surface area (Å²) in [6.45, 7) is 1.20. The molecule has 0 fully saturated rings. The van der Waals surface area contributed by atoms with E-state index >= 15 is 0 Å². The number of phenols is 1. The summed E-state index contributed by atoms with van der Waals surface area (Å²) >= 11 is 0. The molecule has 0 unspecified atom stereocenters. The molecule has 0 spiro atoms. The number of phenolic OH excluding ortho intramolecular Hbond substituents is 1. The van der Waals surface area contributed by atoms with E-state index in [-0.39, 0.29) is 33.5 Å². The van der Waals surface area contributed by atoms with E-state index in [0.29, 0.717) is 0 Å². The second-order valence-electron chi connectivity index (χ2n) is 6.54. The Morgan fingerprint density at radius 2 is 1.75 bits per heavy atom. The maximum atomic E-state index is 11.7. The number of nitrogens with two attached hydrogens (primary N) is 1. The summed E-state index contributed by atoms with van der Waals surface area (Å²) in [4.78, 5) is 9.85. The summed E-state index contributed by atoms with van der Waals surface area (Å²) in [6.07, 6.45) is 0.